The summed E-state index contributed by atoms with van der Waals surface area (Å²) in [4.78, 5) is 34.3. The van der Waals surface area contributed by atoms with Gasteiger partial charge in [-0.2, -0.15) is 0 Å². The Morgan fingerprint density at radius 3 is 0.933 bits per heavy atom. The molecule has 0 bridgehead atoms. The molecule has 0 aliphatic heterocycles. The Morgan fingerprint density at radius 2 is 0.933 bits per heavy atom. The van der Waals surface area contributed by atoms with E-state index in [1.807, 2.05) is 0 Å². The number of rotatable bonds is 2. The summed E-state index contributed by atoms with van der Waals surface area (Å²) in [5, 5.41) is 29.5. The van der Waals surface area contributed by atoms with Crippen molar-refractivity contribution >= 4 is 0 Å². The normalized spacial score (nSPS) is 5.60. The maximum atomic E-state index is 8.91. The van der Waals surface area contributed by atoms with E-state index in [0.29, 0.717) is 0 Å². The summed E-state index contributed by atoms with van der Waals surface area (Å²) in [5.74, 6) is 0. The quantitative estimate of drug-likeness (QED) is 0.354. The van der Waals surface area contributed by atoms with Crippen LogP contribution in [-0.2, 0) is 19.1 Å². The van der Waals surface area contributed by atoms with E-state index in [0.717, 1.165) is 0 Å². The molecule has 15 heavy (non-hydrogen) atoms. The first kappa shape index (κ1) is 29.2. The standard InChI is InChI=1S/2NO3.2NO.2H3N.Pt/c2*2-1(3)4;2*1-2;;;/h;;;;2*1H3;/q4*-1;;;+4. The Hall–Kier alpha value is -1.79. The first-order valence-corrected chi connectivity index (χ1v) is 3.78. The molecule has 0 aliphatic carbocycles. The number of hydrogen-bond donors (Lipinski definition) is 2. The zero-order valence-corrected chi connectivity index (χ0v) is 9.06. The third-order valence-corrected chi connectivity index (χ3v) is 0.423. The molecule has 15 heteroatoms. The molecule has 0 rings (SSSR count). The number of hydrogen-bond acceptors (Lipinski definition) is 12. The van der Waals surface area contributed by atoms with Crippen molar-refractivity contribution in [3.63, 3.8) is 0 Å². The van der Waals surface area contributed by atoms with Gasteiger partial charge in [-0.15, -0.1) is 0 Å². The maximum absolute atomic E-state index is 8.91. The fourth-order valence-corrected chi connectivity index (χ4v) is 0.0863. The second kappa shape index (κ2) is 29.5. The molecule has 0 aromatic heterocycles. The summed E-state index contributed by atoms with van der Waals surface area (Å²) in [6.45, 7) is 0. The SMILES string of the molecule is N.N.O=[N+]([O-])[O-].O=[N+]([O-])[O-].O=[N][Pt+2][N]=O. The molecule has 6 N–H and O–H groups in total. The van der Waals surface area contributed by atoms with Gasteiger partial charge in [-0.3, -0.25) is 0 Å². The van der Waals surface area contributed by atoms with Crippen LogP contribution in [0.1, 0.15) is 0 Å². The fourth-order valence-electron chi connectivity index (χ4n) is 0.0105. The van der Waals surface area contributed by atoms with Gasteiger partial charge in [0.25, 0.3) is 0 Å². The third kappa shape index (κ3) is 29300. The van der Waals surface area contributed by atoms with E-state index < -0.39 is 29.2 Å². The molecule has 0 saturated carbocycles. The van der Waals surface area contributed by atoms with Crippen LogP contribution >= 0.6 is 0 Å². The van der Waals surface area contributed by atoms with Crippen LogP contribution in [-0.4, -0.2) is 10.2 Å². The monoisotopic (exact) mass is 413 g/mol. The summed E-state index contributed by atoms with van der Waals surface area (Å²) in [6.07, 6.45) is 0. The predicted octanol–water partition coefficient (Wildman–Crippen LogP) is 0.278. The van der Waals surface area contributed by atoms with Gasteiger partial charge >= 0.3 is 36.3 Å². The molecule has 14 nitrogen and oxygen atoms in total. The van der Waals surface area contributed by atoms with Crippen LogP contribution in [0.5, 0.6) is 0 Å². The molecule has 0 unspecified atom stereocenters. The van der Waals surface area contributed by atoms with Crippen LogP contribution < -0.4 is 12.3 Å². The van der Waals surface area contributed by atoms with E-state index in [9.17, 15) is 0 Å². The van der Waals surface area contributed by atoms with Gasteiger partial charge in [-0.1, -0.05) is 0 Å². The zero-order chi connectivity index (χ0) is 11.3. The van der Waals surface area contributed by atoms with Crippen molar-refractivity contribution in [2.24, 2.45) is 7.47 Å². The van der Waals surface area contributed by atoms with Crippen LogP contribution in [0.25, 0.3) is 0 Å². The van der Waals surface area contributed by atoms with Crippen molar-refractivity contribution in [2.75, 3.05) is 0 Å². The average Bonchev–Trinajstić information content (AvgIpc) is 1.86. The van der Waals surface area contributed by atoms with Crippen LogP contribution in [0.4, 0.5) is 0 Å². The van der Waals surface area contributed by atoms with Crippen molar-refractivity contribution in [1.29, 1.82) is 0 Å². The Balaban J connectivity index is -0.0000000315. The van der Waals surface area contributed by atoms with Gasteiger partial charge < -0.3 is 42.9 Å². The molecule has 0 aliphatic rings. The van der Waals surface area contributed by atoms with Gasteiger partial charge in [0.1, 0.15) is 0 Å². The Bertz CT molecular complexity index is 143. The summed E-state index contributed by atoms with van der Waals surface area (Å²) in [5.41, 5.74) is 0. The van der Waals surface area contributed by atoms with Crippen LogP contribution in [0.15, 0.2) is 7.47 Å². The van der Waals surface area contributed by atoms with E-state index in [-0.39, 0.29) is 12.3 Å². The van der Waals surface area contributed by atoms with Gasteiger partial charge in [0.05, 0.1) is 10.2 Å². The minimum absolute atomic E-state index is 0. The molecule has 0 radical (unpaired) electrons. The van der Waals surface area contributed by atoms with Crippen molar-refractivity contribution < 1.29 is 29.2 Å². The second-order valence-corrected chi connectivity index (χ2v) is 1.91. The van der Waals surface area contributed by atoms with Gasteiger partial charge in [0.2, 0.25) is 0 Å². The Morgan fingerprint density at radius 1 is 0.800 bits per heavy atom. The van der Waals surface area contributed by atoms with Crippen LogP contribution in [0, 0.1) is 40.5 Å². The third-order valence-electron chi connectivity index (χ3n) is 0.0516. The minimum atomic E-state index is -1.75. The molecule has 0 spiro atoms. The molecule has 94 valence electrons. The zero-order valence-electron chi connectivity index (χ0n) is 6.79. The Labute approximate surface area is 90.1 Å². The first-order valence-electron chi connectivity index (χ1n) is 1.74. The van der Waals surface area contributed by atoms with E-state index in [2.05, 4.69) is 7.47 Å². The average molecular weight is 413 g/mol. The van der Waals surface area contributed by atoms with Gasteiger partial charge in [0.15, 0.2) is 0 Å². The molecule has 0 fully saturated rings. The summed E-state index contributed by atoms with van der Waals surface area (Å²) in [7, 11) is 0. The fraction of sp³-hybridized carbons (Fsp3) is 0. The molecule has 0 heterocycles. The van der Waals surface area contributed by atoms with Crippen molar-refractivity contribution in [1.82, 2.24) is 12.3 Å². The van der Waals surface area contributed by atoms with Crippen LogP contribution in [0.2, 0.25) is 0 Å². The molecular formula is H6N6O8Pt. The van der Waals surface area contributed by atoms with E-state index in [1.165, 1.54) is 0 Å². The summed E-state index contributed by atoms with van der Waals surface area (Å²) < 4.78 is 4.47. The van der Waals surface area contributed by atoms with E-state index >= 15 is 0 Å². The molecule has 0 amide bonds. The van der Waals surface area contributed by atoms with Gasteiger partial charge in [0, 0.05) is 0 Å². The topological polar surface area (TPSA) is 261 Å². The molecule has 0 aromatic carbocycles. The summed E-state index contributed by atoms with van der Waals surface area (Å²) in [6, 6.07) is 0. The second-order valence-electron chi connectivity index (χ2n) is 0.626. The number of nitrogens with zero attached hydrogens (tertiary/aromatic N) is 4. The van der Waals surface area contributed by atoms with Crippen molar-refractivity contribution in [3.8, 4) is 0 Å². The van der Waals surface area contributed by atoms with Gasteiger partial charge in [-0.25, -0.2) is 0 Å². The first-order chi connectivity index (χ1) is 5.88. The molecule has 0 aromatic rings. The Kier molecular flexibility index (Phi) is 57.5. The van der Waals surface area contributed by atoms with E-state index in [4.69, 9.17) is 40.5 Å². The van der Waals surface area contributed by atoms with E-state index in [1.54, 1.807) is 0 Å². The summed E-state index contributed by atoms with van der Waals surface area (Å²) >= 11 is -1.24. The molecule has 0 atom stereocenters. The molecular weight excluding hydrogens is 407 g/mol. The number of nitroso groups, excluding NO2 is 2. The van der Waals surface area contributed by atoms with Crippen molar-refractivity contribution in [3.05, 3.63) is 40.5 Å². The van der Waals surface area contributed by atoms with Crippen molar-refractivity contribution in [2.45, 2.75) is 0 Å². The van der Waals surface area contributed by atoms with Crippen LogP contribution in [0.3, 0.4) is 0 Å². The predicted molar refractivity (Wildman–Crippen MR) is 42.4 cm³/mol. The van der Waals surface area contributed by atoms with Gasteiger partial charge in [-0.05, 0) is 0 Å². The molecule has 0 saturated heterocycles.